The maximum absolute atomic E-state index is 11.1. The lowest BCUT2D eigenvalue weighted by atomic mass is 9.80. The predicted molar refractivity (Wildman–Crippen MR) is 72.1 cm³/mol. The highest BCUT2D eigenvalue weighted by atomic mass is 79.9. The second-order valence-electron chi connectivity index (χ2n) is 5.06. The van der Waals surface area contributed by atoms with Crippen LogP contribution in [0.3, 0.4) is 0 Å². The molecule has 1 aliphatic carbocycles. The Morgan fingerprint density at radius 1 is 1.67 bits per heavy atom. The average molecular weight is 332 g/mol. The maximum Gasteiger partial charge on any atom is 0.306 e. The lowest BCUT2D eigenvalue weighted by Crippen LogP contribution is -2.26. The Kier molecular flexibility index (Phi) is 2.79. The first-order chi connectivity index (χ1) is 8.53. The van der Waals surface area contributed by atoms with E-state index in [0.29, 0.717) is 17.9 Å². The Bertz CT molecular complexity index is 537. The molecule has 0 unspecified atom stereocenters. The van der Waals surface area contributed by atoms with Crippen LogP contribution >= 0.6 is 27.5 Å². The summed E-state index contributed by atoms with van der Waals surface area (Å²) in [5, 5.41) is 13.1. The van der Waals surface area contributed by atoms with Crippen molar-refractivity contribution in [2.24, 2.45) is 5.92 Å². The van der Waals surface area contributed by atoms with E-state index in [9.17, 15) is 4.79 Å². The summed E-state index contributed by atoms with van der Waals surface area (Å²) in [5.74, 6) is -0.179. The van der Waals surface area contributed by atoms with Gasteiger partial charge in [0.15, 0.2) is 0 Å². The zero-order chi connectivity index (χ0) is 12.9. The Balaban J connectivity index is 2.05. The van der Waals surface area contributed by atoms with Crippen molar-refractivity contribution in [3.8, 4) is 0 Å². The minimum Gasteiger partial charge on any atom is -0.481 e. The number of rotatable bonds is 1. The molecule has 6 heteroatoms. The standard InChI is InChI=1S/C12H12BrClN2O2/c13-7-4-15-10-8(9(7)14)12(5-16-10)2-1-6(3-12)11(17)18/h4,6H,1-3,5H2,(H,15,16)(H,17,18)/t6-,12-/m0/s1. The minimum atomic E-state index is -0.709. The van der Waals surface area contributed by atoms with Crippen molar-refractivity contribution in [2.75, 3.05) is 11.9 Å². The van der Waals surface area contributed by atoms with E-state index in [1.165, 1.54) is 0 Å². The van der Waals surface area contributed by atoms with E-state index in [0.717, 1.165) is 28.8 Å². The van der Waals surface area contributed by atoms with Gasteiger partial charge in [0.05, 0.1) is 15.4 Å². The van der Waals surface area contributed by atoms with Gasteiger partial charge in [-0.25, -0.2) is 4.98 Å². The van der Waals surface area contributed by atoms with Crippen molar-refractivity contribution >= 4 is 39.3 Å². The number of hydrogen-bond donors (Lipinski definition) is 2. The van der Waals surface area contributed by atoms with Crippen LogP contribution in [0.5, 0.6) is 0 Å². The van der Waals surface area contributed by atoms with Gasteiger partial charge in [-0.2, -0.15) is 0 Å². The number of aromatic nitrogens is 1. The van der Waals surface area contributed by atoms with E-state index in [1.54, 1.807) is 6.20 Å². The normalized spacial score (nSPS) is 29.3. The molecule has 1 aromatic rings. The van der Waals surface area contributed by atoms with Gasteiger partial charge in [0.1, 0.15) is 5.82 Å². The first-order valence-electron chi connectivity index (χ1n) is 5.85. The van der Waals surface area contributed by atoms with E-state index in [2.05, 4.69) is 26.2 Å². The number of anilines is 1. The summed E-state index contributed by atoms with van der Waals surface area (Å²) in [6.07, 6.45) is 3.87. The molecule has 0 bridgehead atoms. The van der Waals surface area contributed by atoms with E-state index < -0.39 is 5.97 Å². The van der Waals surface area contributed by atoms with Crippen molar-refractivity contribution in [3.63, 3.8) is 0 Å². The molecule has 2 aliphatic rings. The highest BCUT2D eigenvalue weighted by molar-refractivity contribution is 9.10. The fourth-order valence-electron chi connectivity index (χ4n) is 3.15. The van der Waals surface area contributed by atoms with Gasteiger partial charge in [0, 0.05) is 23.7 Å². The Morgan fingerprint density at radius 3 is 3.11 bits per heavy atom. The van der Waals surface area contributed by atoms with Gasteiger partial charge in [0.25, 0.3) is 0 Å². The number of nitrogens with zero attached hydrogens (tertiary/aromatic N) is 1. The zero-order valence-electron chi connectivity index (χ0n) is 9.54. The molecule has 0 aromatic carbocycles. The van der Waals surface area contributed by atoms with E-state index in [1.807, 2.05) is 0 Å². The van der Waals surface area contributed by atoms with Gasteiger partial charge in [-0.1, -0.05) is 11.6 Å². The minimum absolute atomic E-state index is 0.160. The third-order valence-electron chi connectivity index (χ3n) is 4.06. The molecule has 1 saturated carbocycles. The molecule has 1 fully saturated rings. The number of pyridine rings is 1. The SMILES string of the molecule is O=C(O)[C@H]1CC[C@@]2(CNc3ncc(Br)c(Cl)c32)C1. The molecule has 2 N–H and O–H groups in total. The third-order valence-corrected chi connectivity index (χ3v) is 5.28. The summed E-state index contributed by atoms with van der Waals surface area (Å²) < 4.78 is 0.768. The van der Waals surface area contributed by atoms with Gasteiger partial charge < -0.3 is 10.4 Å². The van der Waals surface area contributed by atoms with Gasteiger partial charge in [0.2, 0.25) is 0 Å². The molecule has 2 heterocycles. The summed E-state index contributed by atoms with van der Waals surface area (Å²) in [5.41, 5.74) is 0.828. The largest absolute Gasteiger partial charge is 0.481 e. The summed E-state index contributed by atoms with van der Waals surface area (Å²) in [6, 6.07) is 0. The van der Waals surface area contributed by atoms with Gasteiger partial charge in [-0.15, -0.1) is 0 Å². The second kappa shape index (κ2) is 4.10. The molecule has 4 nitrogen and oxygen atoms in total. The number of nitrogens with one attached hydrogen (secondary N) is 1. The number of hydrogen-bond acceptors (Lipinski definition) is 3. The molecule has 0 amide bonds. The number of carboxylic acids is 1. The fourth-order valence-corrected chi connectivity index (χ4v) is 3.79. The maximum atomic E-state index is 11.1. The van der Waals surface area contributed by atoms with Crippen LogP contribution in [0.2, 0.25) is 5.02 Å². The summed E-state index contributed by atoms with van der Waals surface area (Å²) in [6.45, 7) is 0.731. The van der Waals surface area contributed by atoms with E-state index >= 15 is 0 Å². The molecular formula is C12H12BrClN2O2. The van der Waals surface area contributed by atoms with Crippen LogP contribution in [0.25, 0.3) is 0 Å². The summed E-state index contributed by atoms with van der Waals surface area (Å²) in [7, 11) is 0. The van der Waals surface area contributed by atoms with E-state index in [-0.39, 0.29) is 11.3 Å². The van der Waals surface area contributed by atoms with Crippen LogP contribution < -0.4 is 5.32 Å². The predicted octanol–water partition coefficient (Wildman–Crippen LogP) is 3.05. The van der Waals surface area contributed by atoms with Crippen molar-refractivity contribution in [3.05, 3.63) is 21.3 Å². The molecule has 3 rings (SSSR count). The topological polar surface area (TPSA) is 62.2 Å². The van der Waals surface area contributed by atoms with Crippen molar-refractivity contribution in [1.29, 1.82) is 0 Å². The number of carboxylic acid groups (broad SMARTS) is 1. The molecule has 2 atom stereocenters. The second-order valence-corrected chi connectivity index (χ2v) is 6.29. The van der Waals surface area contributed by atoms with E-state index in [4.69, 9.17) is 16.7 Å². The van der Waals surface area contributed by atoms with Crippen LogP contribution in [-0.2, 0) is 10.2 Å². The van der Waals surface area contributed by atoms with Crippen molar-refractivity contribution in [2.45, 2.75) is 24.7 Å². The smallest absolute Gasteiger partial charge is 0.306 e. The molecule has 18 heavy (non-hydrogen) atoms. The Hall–Kier alpha value is -0.810. The van der Waals surface area contributed by atoms with Crippen molar-refractivity contribution < 1.29 is 9.90 Å². The van der Waals surface area contributed by atoms with Gasteiger partial charge in [-0.3, -0.25) is 4.79 Å². The number of carbonyl (C=O) groups is 1. The molecule has 0 radical (unpaired) electrons. The Labute approximate surface area is 118 Å². The monoisotopic (exact) mass is 330 g/mol. The van der Waals surface area contributed by atoms with Crippen molar-refractivity contribution in [1.82, 2.24) is 4.98 Å². The quantitative estimate of drug-likeness (QED) is 0.830. The lowest BCUT2D eigenvalue weighted by Gasteiger charge is -2.24. The number of halogens is 2. The lowest BCUT2D eigenvalue weighted by molar-refractivity contribution is -0.141. The first-order valence-corrected chi connectivity index (χ1v) is 7.02. The number of fused-ring (bicyclic) bond motifs is 2. The first kappa shape index (κ1) is 12.2. The summed E-state index contributed by atoms with van der Waals surface area (Å²) >= 11 is 9.75. The van der Waals surface area contributed by atoms with Crippen LogP contribution in [0.4, 0.5) is 5.82 Å². The highest BCUT2D eigenvalue weighted by Crippen LogP contribution is 2.52. The molecule has 1 aromatic heterocycles. The van der Waals surface area contributed by atoms with Crippen LogP contribution in [0.1, 0.15) is 24.8 Å². The zero-order valence-corrected chi connectivity index (χ0v) is 11.9. The van der Waals surface area contributed by atoms with Crippen LogP contribution in [0, 0.1) is 5.92 Å². The van der Waals surface area contributed by atoms with Crippen LogP contribution in [0.15, 0.2) is 10.7 Å². The molecule has 1 spiro atoms. The highest BCUT2D eigenvalue weighted by Gasteiger charge is 2.49. The third kappa shape index (κ3) is 1.64. The van der Waals surface area contributed by atoms with Gasteiger partial charge in [-0.05, 0) is 35.2 Å². The average Bonchev–Trinajstić information content (AvgIpc) is 2.91. The molecule has 1 aliphatic heterocycles. The molecular weight excluding hydrogens is 320 g/mol. The summed E-state index contributed by atoms with van der Waals surface area (Å²) in [4.78, 5) is 15.4. The Morgan fingerprint density at radius 2 is 2.44 bits per heavy atom. The van der Waals surface area contributed by atoms with Gasteiger partial charge >= 0.3 is 5.97 Å². The molecule has 0 saturated heterocycles. The fraction of sp³-hybridized carbons (Fsp3) is 0.500. The number of aliphatic carboxylic acids is 1. The van der Waals surface area contributed by atoms with Crippen LogP contribution in [-0.4, -0.2) is 22.6 Å². The molecule has 96 valence electrons.